The summed E-state index contributed by atoms with van der Waals surface area (Å²) in [4.78, 5) is 1.30. The van der Waals surface area contributed by atoms with Crippen molar-refractivity contribution in [2.45, 2.75) is 37.7 Å². The van der Waals surface area contributed by atoms with E-state index in [4.69, 9.17) is 4.74 Å². The second-order valence-electron chi connectivity index (χ2n) is 4.37. The van der Waals surface area contributed by atoms with E-state index in [0.29, 0.717) is 0 Å². The molecule has 2 nitrogen and oxygen atoms in total. The second kappa shape index (κ2) is 5.60. The van der Waals surface area contributed by atoms with Crippen LogP contribution in [0.25, 0.3) is 0 Å². The Labute approximate surface area is 102 Å². The third-order valence-corrected chi connectivity index (χ3v) is 3.60. The predicted molar refractivity (Wildman–Crippen MR) is 68.9 cm³/mol. The zero-order valence-corrected chi connectivity index (χ0v) is 10.8. The summed E-state index contributed by atoms with van der Waals surface area (Å²) < 4.78 is 8.05. The van der Waals surface area contributed by atoms with Crippen molar-refractivity contribution in [1.82, 2.24) is 4.31 Å². The lowest BCUT2D eigenvalue weighted by Gasteiger charge is -2.14. The number of hydrogen-bond acceptors (Lipinski definition) is 3. The van der Waals surface area contributed by atoms with Crippen LogP contribution in [0.2, 0.25) is 0 Å². The maximum absolute atomic E-state index is 5.62. The van der Waals surface area contributed by atoms with Crippen molar-refractivity contribution < 1.29 is 4.74 Å². The molecular formula is C13H19NOS. The molecule has 3 heteroatoms. The number of nitrogens with zero attached hydrogens (tertiary/aromatic N) is 1. The Hall–Kier alpha value is -0.670. The zero-order valence-electron chi connectivity index (χ0n) is 9.98. The molecule has 0 N–H and O–H groups in total. The molecule has 1 aromatic rings. The fourth-order valence-electron chi connectivity index (χ4n) is 1.78. The van der Waals surface area contributed by atoms with Crippen LogP contribution in [0.4, 0.5) is 0 Å². The number of ether oxygens (including phenoxy) is 1. The van der Waals surface area contributed by atoms with E-state index in [-0.39, 0.29) is 6.10 Å². The highest BCUT2D eigenvalue weighted by Crippen LogP contribution is 2.28. The third-order valence-electron chi connectivity index (χ3n) is 2.50. The Kier molecular flexibility index (Phi) is 4.13. The fraction of sp³-hybridized carbons (Fsp3) is 0.538. The van der Waals surface area contributed by atoms with Crippen molar-refractivity contribution in [3.63, 3.8) is 0 Å². The van der Waals surface area contributed by atoms with E-state index in [2.05, 4.69) is 28.6 Å². The normalized spacial score (nSPS) is 16.9. The maximum Gasteiger partial charge on any atom is 0.119 e. The Morgan fingerprint density at radius 2 is 1.75 bits per heavy atom. The lowest BCUT2D eigenvalue weighted by molar-refractivity contribution is 0.242. The van der Waals surface area contributed by atoms with E-state index < -0.39 is 0 Å². The Morgan fingerprint density at radius 1 is 1.12 bits per heavy atom. The summed E-state index contributed by atoms with van der Waals surface area (Å²) in [6.07, 6.45) is 2.92. The first-order chi connectivity index (χ1) is 7.74. The Balaban J connectivity index is 1.90. The molecule has 1 aromatic carbocycles. The van der Waals surface area contributed by atoms with Crippen LogP contribution in [-0.4, -0.2) is 23.5 Å². The van der Waals surface area contributed by atoms with Gasteiger partial charge in [0, 0.05) is 18.0 Å². The molecule has 0 amide bonds. The maximum atomic E-state index is 5.62. The van der Waals surface area contributed by atoms with Crippen molar-refractivity contribution >= 4 is 11.9 Å². The molecule has 0 atom stereocenters. The van der Waals surface area contributed by atoms with E-state index in [1.54, 1.807) is 0 Å². The van der Waals surface area contributed by atoms with Crippen molar-refractivity contribution in [3.05, 3.63) is 24.3 Å². The first kappa shape index (κ1) is 11.8. The van der Waals surface area contributed by atoms with E-state index in [9.17, 15) is 0 Å². The molecule has 1 fully saturated rings. The Morgan fingerprint density at radius 3 is 2.31 bits per heavy atom. The van der Waals surface area contributed by atoms with Crippen LogP contribution in [0.3, 0.4) is 0 Å². The van der Waals surface area contributed by atoms with Crippen LogP contribution in [0, 0.1) is 0 Å². The smallest absolute Gasteiger partial charge is 0.119 e. The zero-order chi connectivity index (χ0) is 11.4. The quantitative estimate of drug-likeness (QED) is 0.743. The molecule has 1 aliphatic heterocycles. The second-order valence-corrected chi connectivity index (χ2v) is 5.54. The highest BCUT2D eigenvalue weighted by atomic mass is 32.2. The van der Waals surface area contributed by atoms with Gasteiger partial charge in [-0.05, 0) is 62.9 Å². The predicted octanol–water partition coefficient (Wildman–Crippen LogP) is 3.58. The molecule has 0 radical (unpaired) electrons. The van der Waals surface area contributed by atoms with Crippen LogP contribution >= 0.6 is 11.9 Å². The minimum Gasteiger partial charge on any atom is -0.491 e. The summed E-state index contributed by atoms with van der Waals surface area (Å²) >= 11 is 1.86. The van der Waals surface area contributed by atoms with E-state index in [1.807, 2.05) is 25.8 Å². The molecule has 0 saturated carbocycles. The topological polar surface area (TPSA) is 12.5 Å². The third kappa shape index (κ3) is 3.42. The van der Waals surface area contributed by atoms with Crippen LogP contribution in [-0.2, 0) is 0 Å². The van der Waals surface area contributed by atoms with Gasteiger partial charge in [0.05, 0.1) is 6.10 Å². The molecule has 16 heavy (non-hydrogen) atoms. The monoisotopic (exact) mass is 237 g/mol. The van der Waals surface area contributed by atoms with Gasteiger partial charge in [-0.25, -0.2) is 4.31 Å². The molecular weight excluding hydrogens is 218 g/mol. The lowest BCUT2D eigenvalue weighted by Crippen LogP contribution is -2.08. The summed E-state index contributed by atoms with van der Waals surface area (Å²) in [5.74, 6) is 0.959. The average Bonchev–Trinajstić information content (AvgIpc) is 2.73. The molecule has 88 valence electrons. The first-order valence-electron chi connectivity index (χ1n) is 5.94. The number of benzene rings is 1. The van der Waals surface area contributed by atoms with Gasteiger partial charge in [0.1, 0.15) is 5.75 Å². The van der Waals surface area contributed by atoms with E-state index in [1.165, 1.54) is 30.8 Å². The van der Waals surface area contributed by atoms with Crippen LogP contribution in [0.5, 0.6) is 5.75 Å². The minimum absolute atomic E-state index is 0.247. The molecule has 0 aliphatic carbocycles. The van der Waals surface area contributed by atoms with Gasteiger partial charge in [-0.1, -0.05) is 0 Å². The van der Waals surface area contributed by atoms with Gasteiger partial charge in [-0.3, -0.25) is 0 Å². The van der Waals surface area contributed by atoms with Crippen LogP contribution in [0.1, 0.15) is 26.7 Å². The van der Waals surface area contributed by atoms with Gasteiger partial charge < -0.3 is 4.74 Å². The molecule has 0 bridgehead atoms. The number of hydrogen-bond donors (Lipinski definition) is 0. The van der Waals surface area contributed by atoms with Crippen LogP contribution < -0.4 is 4.74 Å². The van der Waals surface area contributed by atoms with Gasteiger partial charge in [-0.15, -0.1) is 0 Å². The first-order valence-corrected chi connectivity index (χ1v) is 6.71. The van der Waals surface area contributed by atoms with E-state index in [0.717, 1.165) is 5.75 Å². The highest BCUT2D eigenvalue weighted by Gasteiger charge is 2.12. The Bertz CT molecular complexity index is 317. The van der Waals surface area contributed by atoms with Crippen LogP contribution in [0.15, 0.2) is 29.2 Å². The van der Waals surface area contributed by atoms with Gasteiger partial charge in [-0.2, -0.15) is 0 Å². The van der Waals surface area contributed by atoms with Crippen molar-refractivity contribution in [2.75, 3.05) is 13.1 Å². The molecule has 1 heterocycles. The van der Waals surface area contributed by atoms with Gasteiger partial charge in [0.15, 0.2) is 0 Å². The summed E-state index contributed by atoms with van der Waals surface area (Å²) in [5.41, 5.74) is 0. The van der Waals surface area contributed by atoms with Gasteiger partial charge in [0.25, 0.3) is 0 Å². The standard InChI is InChI=1S/C13H19NOS/c1-11(2)15-12-5-7-13(8-6-12)16-14-9-3-4-10-14/h5-8,11H,3-4,9-10H2,1-2H3. The fourth-order valence-corrected chi connectivity index (χ4v) is 2.78. The van der Waals surface area contributed by atoms with Gasteiger partial charge >= 0.3 is 0 Å². The SMILES string of the molecule is CC(C)Oc1ccc(SN2CCCC2)cc1. The highest BCUT2D eigenvalue weighted by molar-refractivity contribution is 7.97. The summed E-state index contributed by atoms with van der Waals surface area (Å²) in [5, 5.41) is 0. The molecule has 2 rings (SSSR count). The average molecular weight is 237 g/mol. The molecule has 1 aliphatic rings. The van der Waals surface area contributed by atoms with E-state index >= 15 is 0 Å². The van der Waals surface area contributed by atoms with Crippen molar-refractivity contribution in [2.24, 2.45) is 0 Å². The summed E-state index contributed by atoms with van der Waals surface area (Å²) in [6.45, 7) is 6.53. The molecule has 1 saturated heterocycles. The summed E-state index contributed by atoms with van der Waals surface area (Å²) in [6, 6.07) is 8.39. The number of rotatable bonds is 4. The van der Waals surface area contributed by atoms with Crippen molar-refractivity contribution in [3.8, 4) is 5.75 Å². The molecule has 0 unspecified atom stereocenters. The van der Waals surface area contributed by atoms with Gasteiger partial charge in [0.2, 0.25) is 0 Å². The lowest BCUT2D eigenvalue weighted by atomic mass is 10.3. The largest absolute Gasteiger partial charge is 0.491 e. The summed E-state index contributed by atoms with van der Waals surface area (Å²) in [7, 11) is 0. The minimum atomic E-state index is 0.247. The van der Waals surface area contributed by atoms with Crippen molar-refractivity contribution in [1.29, 1.82) is 0 Å². The molecule has 0 aromatic heterocycles. The molecule has 0 spiro atoms.